The number of nitrogens with one attached hydrogen (secondary N) is 1. The SMILES string of the molecule is COc1ccc2[nH]c(C)c(-c3csc(-c4ccccc4)n3)c2c1. The predicted octanol–water partition coefficient (Wildman–Crippen LogP) is 5.28. The fourth-order valence-corrected chi connectivity index (χ4v) is 3.68. The van der Waals surface area contributed by atoms with Crippen LogP contribution in [0, 0.1) is 6.92 Å². The van der Waals surface area contributed by atoms with Crippen molar-refractivity contribution < 1.29 is 4.74 Å². The summed E-state index contributed by atoms with van der Waals surface area (Å²) in [4.78, 5) is 8.28. The Labute approximate surface area is 138 Å². The van der Waals surface area contributed by atoms with E-state index in [9.17, 15) is 0 Å². The molecule has 0 aliphatic heterocycles. The van der Waals surface area contributed by atoms with Crippen LogP contribution < -0.4 is 4.74 Å². The summed E-state index contributed by atoms with van der Waals surface area (Å²) in [6.45, 7) is 2.09. The lowest BCUT2D eigenvalue weighted by molar-refractivity contribution is 0.415. The Bertz CT molecular complexity index is 970. The highest BCUT2D eigenvalue weighted by Gasteiger charge is 2.15. The molecular formula is C19H16N2OS. The number of hydrogen-bond acceptors (Lipinski definition) is 3. The van der Waals surface area contributed by atoms with Gasteiger partial charge in [-0.05, 0) is 25.1 Å². The van der Waals surface area contributed by atoms with Gasteiger partial charge in [0.05, 0.1) is 12.8 Å². The second-order valence-corrected chi connectivity index (χ2v) is 6.30. The zero-order valence-corrected chi connectivity index (χ0v) is 13.8. The molecule has 4 rings (SSSR count). The van der Waals surface area contributed by atoms with Crippen LogP contribution in [0.15, 0.2) is 53.9 Å². The number of rotatable bonds is 3. The molecular weight excluding hydrogens is 304 g/mol. The topological polar surface area (TPSA) is 37.9 Å². The molecule has 0 saturated heterocycles. The lowest BCUT2D eigenvalue weighted by Gasteiger charge is -2.01. The van der Waals surface area contributed by atoms with Gasteiger partial charge in [-0.3, -0.25) is 0 Å². The van der Waals surface area contributed by atoms with Crippen molar-refractivity contribution in [3.8, 4) is 27.6 Å². The van der Waals surface area contributed by atoms with Gasteiger partial charge in [-0.25, -0.2) is 4.98 Å². The molecule has 0 aliphatic carbocycles. The number of ether oxygens (including phenoxy) is 1. The van der Waals surface area contributed by atoms with E-state index in [1.807, 2.05) is 24.3 Å². The van der Waals surface area contributed by atoms with Crippen LogP contribution >= 0.6 is 11.3 Å². The van der Waals surface area contributed by atoms with Gasteiger partial charge in [-0.1, -0.05) is 30.3 Å². The Balaban J connectivity index is 1.86. The van der Waals surface area contributed by atoms with E-state index in [0.717, 1.165) is 44.2 Å². The molecule has 23 heavy (non-hydrogen) atoms. The number of hydrogen-bond donors (Lipinski definition) is 1. The molecule has 4 heteroatoms. The second-order valence-electron chi connectivity index (χ2n) is 5.44. The van der Waals surface area contributed by atoms with Crippen LogP contribution in [-0.2, 0) is 0 Å². The van der Waals surface area contributed by atoms with E-state index in [1.165, 1.54) is 0 Å². The monoisotopic (exact) mass is 320 g/mol. The maximum atomic E-state index is 5.37. The molecule has 0 aliphatic rings. The fraction of sp³-hybridized carbons (Fsp3) is 0.105. The average molecular weight is 320 g/mol. The number of thiazole rings is 1. The molecule has 0 spiro atoms. The molecule has 0 saturated carbocycles. The summed E-state index contributed by atoms with van der Waals surface area (Å²) in [5.41, 5.74) is 5.53. The number of nitrogens with zero attached hydrogens (tertiary/aromatic N) is 1. The van der Waals surface area contributed by atoms with Crippen molar-refractivity contribution in [2.75, 3.05) is 7.11 Å². The van der Waals surface area contributed by atoms with Crippen LogP contribution in [0.4, 0.5) is 0 Å². The molecule has 0 bridgehead atoms. The van der Waals surface area contributed by atoms with Crippen molar-refractivity contribution in [1.29, 1.82) is 0 Å². The highest BCUT2D eigenvalue weighted by Crippen LogP contribution is 2.36. The minimum Gasteiger partial charge on any atom is -0.497 e. The van der Waals surface area contributed by atoms with Gasteiger partial charge in [0, 0.05) is 33.1 Å². The second kappa shape index (κ2) is 5.56. The summed E-state index contributed by atoms with van der Waals surface area (Å²) >= 11 is 1.67. The summed E-state index contributed by atoms with van der Waals surface area (Å²) in [7, 11) is 1.69. The highest BCUT2D eigenvalue weighted by atomic mass is 32.1. The first kappa shape index (κ1) is 14.0. The van der Waals surface area contributed by atoms with Gasteiger partial charge in [-0.15, -0.1) is 11.3 Å². The Kier molecular flexibility index (Phi) is 3.39. The van der Waals surface area contributed by atoms with Crippen LogP contribution in [0.3, 0.4) is 0 Å². The van der Waals surface area contributed by atoms with E-state index < -0.39 is 0 Å². The van der Waals surface area contributed by atoms with E-state index in [1.54, 1.807) is 18.4 Å². The third-order valence-electron chi connectivity index (χ3n) is 3.97. The number of aromatic amines is 1. The zero-order valence-electron chi connectivity index (χ0n) is 13.0. The van der Waals surface area contributed by atoms with Crippen LogP contribution in [0.5, 0.6) is 5.75 Å². The van der Waals surface area contributed by atoms with Crippen molar-refractivity contribution in [2.45, 2.75) is 6.92 Å². The Morgan fingerprint density at radius 3 is 2.70 bits per heavy atom. The fourth-order valence-electron chi connectivity index (χ4n) is 2.86. The molecule has 0 atom stereocenters. The summed E-state index contributed by atoms with van der Waals surface area (Å²) in [6, 6.07) is 16.4. The van der Waals surface area contributed by atoms with Gasteiger partial charge in [0.25, 0.3) is 0 Å². The van der Waals surface area contributed by atoms with Gasteiger partial charge in [0.2, 0.25) is 0 Å². The van der Waals surface area contributed by atoms with Crippen LogP contribution in [0.2, 0.25) is 0 Å². The molecule has 2 aromatic heterocycles. The summed E-state index contributed by atoms with van der Waals surface area (Å²) < 4.78 is 5.37. The van der Waals surface area contributed by atoms with Crippen molar-refractivity contribution in [3.63, 3.8) is 0 Å². The maximum Gasteiger partial charge on any atom is 0.124 e. The third-order valence-corrected chi connectivity index (χ3v) is 4.87. The zero-order chi connectivity index (χ0) is 15.8. The molecule has 3 nitrogen and oxygen atoms in total. The van der Waals surface area contributed by atoms with Gasteiger partial charge in [0.15, 0.2) is 0 Å². The van der Waals surface area contributed by atoms with E-state index in [2.05, 4.69) is 41.6 Å². The lowest BCUT2D eigenvalue weighted by atomic mass is 10.1. The molecule has 4 aromatic rings. The standard InChI is InChI=1S/C19H16N2OS/c1-12-18(15-10-14(22-2)8-9-16(15)20-12)17-11-23-19(21-17)13-6-4-3-5-7-13/h3-11,20H,1-2H3. The molecule has 2 heterocycles. The number of aromatic nitrogens is 2. The normalized spacial score (nSPS) is 11.0. The van der Waals surface area contributed by atoms with Gasteiger partial charge >= 0.3 is 0 Å². The number of benzene rings is 2. The van der Waals surface area contributed by atoms with Crippen LogP contribution in [0.25, 0.3) is 32.7 Å². The van der Waals surface area contributed by atoms with Gasteiger partial charge in [0.1, 0.15) is 10.8 Å². The number of H-pyrrole nitrogens is 1. The molecule has 0 amide bonds. The van der Waals surface area contributed by atoms with Crippen molar-refractivity contribution >= 4 is 22.2 Å². The number of aryl methyl sites for hydroxylation is 1. The number of methoxy groups -OCH3 is 1. The summed E-state index contributed by atoms with van der Waals surface area (Å²) in [6.07, 6.45) is 0. The third kappa shape index (κ3) is 2.41. The van der Waals surface area contributed by atoms with E-state index in [-0.39, 0.29) is 0 Å². The molecule has 114 valence electrons. The van der Waals surface area contributed by atoms with Crippen LogP contribution in [-0.4, -0.2) is 17.1 Å². The lowest BCUT2D eigenvalue weighted by Crippen LogP contribution is -1.83. The largest absolute Gasteiger partial charge is 0.497 e. The van der Waals surface area contributed by atoms with Gasteiger partial charge < -0.3 is 9.72 Å². The first-order valence-electron chi connectivity index (χ1n) is 7.44. The minimum absolute atomic E-state index is 0.858. The Hall–Kier alpha value is -2.59. The minimum atomic E-state index is 0.858. The molecule has 0 radical (unpaired) electrons. The van der Waals surface area contributed by atoms with E-state index >= 15 is 0 Å². The molecule has 0 fully saturated rings. The maximum absolute atomic E-state index is 5.37. The Morgan fingerprint density at radius 2 is 1.91 bits per heavy atom. The van der Waals surface area contributed by atoms with Crippen molar-refractivity contribution in [1.82, 2.24) is 9.97 Å². The smallest absolute Gasteiger partial charge is 0.124 e. The van der Waals surface area contributed by atoms with Crippen molar-refractivity contribution in [3.05, 3.63) is 59.6 Å². The summed E-state index contributed by atoms with van der Waals surface area (Å²) in [5.74, 6) is 0.858. The molecule has 1 N–H and O–H groups in total. The highest BCUT2D eigenvalue weighted by molar-refractivity contribution is 7.13. The summed E-state index contributed by atoms with van der Waals surface area (Å²) in [5, 5.41) is 4.31. The Morgan fingerprint density at radius 1 is 1.09 bits per heavy atom. The van der Waals surface area contributed by atoms with Crippen LogP contribution in [0.1, 0.15) is 5.69 Å². The predicted molar refractivity (Wildman–Crippen MR) is 96.1 cm³/mol. The number of fused-ring (bicyclic) bond motifs is 1. The van der Waals surface area contributed by atoms with E-state index in [0.29, 0.717) is 0 Å². The first-order valence-corrected chi connectivity index (χ1v) is 8.32. The quantitative estimate of drug-likeness (QED) is 0.558. The average Bonchev–Trinajstić information content (AvgIpc) is 3.18. The molecule has 0 unspecified atom stereocenters. The van der Waals surface area contributed by atoms with Gasteiger partial charge in [-0.2, -0.15) is 0 Å². The molecule has 2 aromatic carbocycles. The van der Waals surface area contributed by atoms with E-state index in [4.69, 9.17) is 9.72 Å². The van der Waals surface area contributed by atoms with Crippen molar-refractivity contribution in [2.24, 2.45) is 0 Å². The first-order chi connectivity index (χ1) is 11.3.